The van der Waals surface area contributed by atoms with E-state index in [-0.39, 0.29) is 0 Å². The molecule has 0 aliphatic rings. The quantitative estimate of drug-likeness (QED) is 0.839. The summed E-state index contributed by atoms with van der Waals surface area (Å²) in [6, 6.07) is 12.1. The minimum Gasteiger partial charge on any atom is -0.358 e. The van der Waals surface area contributed by atoms with E-state index in [1.807, 2.05) is 31.2 Å². The second kappa shape index (κ2) is 6.63. The van der Waals surface area contributed by atoms with Crippen LogP contribution >= 0.6 is 28.1 Å². The van der Waals surface area contributed by atoms with Gasteiger partial charge >= 0.3 is 0 Å². The second-order valence-electron chi connectivity index (χ2n) is 4.14. The van der Waals surface area contributed by atoms with Crippen LogP contribution in [0.25, 0.3) is 0 Å². The van der Waals surface area contributed by atoms with E-state index in [0.717, 1.165) is 15.9 Å². The third-order valence-corrected chi connectivity index (χ3v) is 3.36. The molecule has 1 heterocycles. The van der Waals surface area contributed by atoms with E-state index >= 15 is 0 Å². The van der Waals surface area contributed by atoms with Crippen molar-refractivity contribution in [2.45, 2.75) is 13.5 Å². The summed E-state index contributed by atoms with van der Waals surface area (Å²) in [6.45, 7) is 2.68. The Labute approximate surface area is 126 Å². The third-order valence-electron chi connectivity index (χ3n) is 2.51. The Morgan fingerprint density at radius 1 is 1.32 bits per heavy atom. The van der Waals surface area contributed by atoms with Gasteiger partial charge in [-0.3, -0.25) is 0 Å². The maximum absolute atomic E-state index is 5.24. The molecule has 0 spiro atoms. The maximum Gasteiger partial charge on any atom is 0.172 e. The highest BCUT2D eigenvalue weighted by atomic mass is 79.9. The molecule has 0 atom stereocenters. The van der Waals surface area contributed by atoms with Crippen LogP contribution in [0.1, 0.15) is 11.1 Å². The predicted octanol–water partition coefficient (Wildman–Crippen LogP) is 3.64. The van der Waals surface area contributed by atoms with Crippen molar-refractivity contribution in [3.05, 3.63) is 58.2 Å². The van der Waals surface area contributed by atoms with Gasteiger partial charge in [0.25, 0.3) is 0 Å². The summed E-state index contributed by atoms with van der Waals surface area (Å²) in [5, 5.41) is 6.78. The van der Waals surface area contributed by atoms with E-state index in [0.29, 0.717) is 11.7 Å². The number of aromatic nitrogens is 1. The Morgan fingerprint density at radius 3 is 2.74 bits per heavy atom. The number of hydrogen-bond donors (Lipinski definition) is 2. The molecular weight excluding hydrogens is 322 g/mol. The first kappa shape index (κ1) is 14.0. The first-order chi connectivity index (χ1) is 9.15. The normalized spacial score (nSPS) is 10.0. The lowest BCUT2D eigenvalue weighted by Crippen LogP contribution is -2.28. The van der Waals surface area contributed by atoms with Crippen LogP contribution < -0.4 is 10.6 Å². The Hall–Kier alpha value is -1.46. The molecule has 0 bridgehead atoms. The number of benzene rings is 1. The standard InChI is InChI=1S/C14H14BrN3S/c1-10-7-12(15)13(16-8-10)18-14(19)17-9-11-5-3-2-4-6-11/h2-8H,9H2,1H3,(H2,16,17,18,19). The first-order valence-corrected chi connectivity index (χ1v) is 7.06. The van der Waals surface area contributed by atoms with Gasteiger partial charge in [0.2, 0.25) is 0 Å². The molecule has 2 aromatic rings. The van der Waals surface area contributed by atoms with Gasteiger partial charge in [0, 0.05) is 12.7 Å². The summed E-state index contributed by atoms with van der Waals surface area (Å²) in [7, 11) is 0. The van der Waals surface area contributed by atoms with Gasteiger partial charge in [-0.05, 0) is 52.3 Å². The van der Waals surface area contributed by atoms with Crippen LogP contribution in [0.3, 0.4) is 0 Å². The van der Waals surface area contributed by atoms with E-state index in [1.54, 1.807) is 6.20 Å². The molecule has 0 amide bonds. The van der Waals surface area contributed by atoms with Crippen molar-refractivity contribution in [1.29, 1.82) is 0 Å². The second-order valence-corrected chi connectivity index (χ2v) is 5.40. The molecule has 0 aliphatic heterocycles. The van der Waals surface area contributed by atoms with Crippen LogP contribution in [-0.4, -0.2) is 10.1 Å². The van der Waals surface area contributed by atoms with Crippen molar-refractivity contribution in [3.63, 3.8) is 0 Å². The number of rotatable bonds is 3. The number of aryl methyl sites for hydroxylation is 1. The van der Waals surface area contributed by atoms with Gasteiger partial charge in [-0.1, -0.05) is 30.3 Å². The van der Waals surface area contributed by atoms with Crippen LogP contribution in [-0.2, 0) is 6.54 Å². The van der Waals surface area contributed by atoms with Gasteiger partial charge < -0.3 is 10.6 Å². The van der Waals surface area contributed by atoms with Crippen molar-refractivity contribution in [3.8, 4) is 0 Å². The molecule has 2 rings (SSSR count). The van der Waals surface area contributed by atoms with Crippen LogP contribution in [0.2, 0.25) is 0 Å². The molecule has 3 nitrogen and oxygen atoms in total. The van der Waals surface area contributed by atoms with Crippen molar-refractivity contribution in [1.82, 2.24) is 10.3 Å². The van der Waals surface area contributed by atoms with E-state index in [9.17, 15) is 0 Å². The SMILES string of the molecule is Cc1cnc(NC(=S)NCc2ccccc2)c(Br)c1. The molecule has 0 radical (unpaired) electrons. The van der Waals surface area contributed by atoms with E-state index < -0.39 is 0 Å². The monoisotopic (exact) mass is 335 g/mol. The van der Waals surface area contributed by atoms with E-state index in [1.165, 1.54) is 5.56 Å². The molecule has 5 heteroatoms. The van der Waals surface area contributed by atoms with Crippen LogP contribution in [0.4, 0.5) is 5.82 Å². The number of halogens is 1. The molecule has 0 fully saturated rings. The average Bonchev–Trinajstić information content (AvgIpc) is 2.41. The lowest BCUT2D eigenvalue weighted by atomic mass is 10.2. The fourth-order valence-electron chi connectivity index (χ4n) is 1.56. The van der Waals surface area contributed by atoms with Gasteiger partial charge in [0.1, 0.15) is 5.82 Å². The molecule has 0 unspecified atom stereocenters. The summed E-state index contributed by atoms with van der Waals surface area (Å²) in [6.07, 6.45) is 1.80. The third kappa shape index (κ3) is 4.29. The molecule has 19 heavy (non-hydrogen) atoms. The van der Waals surface area contributed by atoms with Crippen molar-refractivity contribution < 1.29 is 0 Å². The number of anilines is 1. The fourth-order valence-corrected chi connectivity index (χ4v) is 2.29. The molecule has 0 aliphatic carbocycles. The smallest absolute Gasteiger partial charge is 0.172 e. The van der Waals surface area contributed by atoms with Crippen molar-refractivity contribution in [2.75, 3.05) is 5.32 Å². The summed E-state index contributed by atoms with van der Waals surface area (Å²) < 4.78 is 0.899. The van der Waals surface area contributed by atoms with Gasteiger partial charge in [0.15, 0.2) is 5.11 Å². The zero-order valence-electron chi connectivity index (χ0n) is 10.5. The number of pyridine rings is 1. The Bertz CT molecular complexity index is 572. The summed E-state index contributed by atoms with van der Waals surface area (Å²) in [4.78, 5) is 4.29. The molecule has 2 N–H and O–H groups in total. The number of thiocarbonyl (C=S) groups is 1. The number of hydrogen-bond acceptors (Lipinski definition) is 2. The van der Waals surface area contributed by atoms with Gasteiger partial charge in [0.05, 0.1) is 4.47 Å². The van der Waals surface area contributed by atoms with Crippen molar-refractivity contribution in [2.24, 2.45) is 0 Å². The molecule has 1 aromatic heterocycles. The highest BCUT2D eigenvalue weighted by Crippen LogP contribution is 2.20. The van der Waals surface area contributed by atoms with Crippen LogP contribution in [0.5, 0.6) is 0 Å². The molecular formula is C14H14BrN3S. The van der Waals surface area contributed by atoms with Gasteiger partial charge in [-0.15, -0.1) is 0 Å². The van der Waals surface area contributed by atoms with Gasteiger partial charge in [-0.25, -0.2) is 4.98 Å². The van der Waals surface area contributed by atoms with Crippen LogP contribution in [0.15, 0.2) is 47.1 Å². The lowest BCUT2D eigenvalue weighted by Gasteiger charge is -2.11. The molecule has 0 saturated carbocycles. The number of nitrogens with zero attached hydrogens (tertiary/aromatic N) is 1. The van der Waals surface area contributed by atoms with E-state index in [4.69, 9.17) is 12.2 Å². The molecule has 98 valence electrons. The van der Waals surface area contributed by atoms with Crippen molar-refractivity contribution >= 4 is 39.1 Å². The predicted molar refractivity (Wildman–Crippen MR) is 86.2 cm³/mol. The highest BCUT2D eigenvalue weighted by Gasteiger charge is 2.03. The Morgan fingerprint density at radius 2 is 2.05 bits per heavy atom. The van der Waals surface area contributed by atoms with Gasteiger partial charge in [-0.2, -0.15) is 0 Å². The van der Waals surface area contributed by atoms with Crippen LogP contribution in [0, 0.1) is 6.92 Å². The minimum atomic E-state index is 0.556. The maximum atomic E-state index is 5.24. The lowest BCUT2D eigenvalue weighted by molar-refractivity contribution is 0.924. The topological polar surface area (TPSA) is 37.0 Å². The Balaban J connectivity index is 1.91. The Kier molecular flexibility index (Phi) is 4.87. The largest absolute Gasteiger partial charge is 0.358 e. The average molecular weight is 336 g/mol. The highest BCUT2D eigenvalue weighted by molar-refractivity contribution is 9.10. The summed E-state index contributed by atoms with van der Waals surface area (Å²) >= 11 is 8.70. The fraction of sp³-hybridized carbons (Fsp3) is 0.143. The summed E-state index contributed by atoms with van der Waals surface area (Å²) in [5.41, 5.74) is 2.28. The first-order valence-electron chi connectivity index (χ1n) is 5.86. The van der Waals surface area contributed by atoms with E-state index in [2.05, 4.69) is 43.7 Å². The molecule has 1 aromatic carbocycles. The zero-order valence-corrected chi connectivity index (χ0v) is 12.9. The summed E-state index contributed by atoms with van der Waals surface area (Å²) in [5.74, 6) is 0.719. The molecule has 0 saturated heterocycles. The number of nitrogens with one attached hydrogen (secondary N) is 2. The zero-order chi connectivity index (χ0) is 13.7. The minimum absolute atomic E-state index is 0.556.